The van der Waals surface area contributed by atoms with Crippen LogP contribution in [0.15, 0.2) is 30.9 Å². The predicted molar refractivity (Wildman–Crippen MR) is 85.5 cm³/mol. The van der Waals surface area contributed by atoms with Crippen LogP contribution in [-0.2, 0) is 13.1 Å². The van der Waals surface area contributed by atoms with Crippen molar-refractivity contribution < 1.29 is 9.47 Å². The highest BCUT2D eigenvalue weighted by Gasteiger charge is 2.23. The van der Waals surface area contributed by atoms with Crippen LogP contribution in [0.1, 0.15) is 24.8 Å². The second-order valence-corrected chi connectivity index (χ2v) is 6.22. The number of aromatic nitrogens is 3. The van der Waals surface area contributed by atoms with Gasteiger partial charge in [0.05, 0.1) is 6.54 Å². The first kappa shape index (κ1) is 14.5. The first-order chi connectivity index (χ1) is 11.4. The second kappa shape index (κ2) is 6.58. The monoisotopic (exact) mass is 314 g/mol. The van der Waals surface area contributed by atoms with E-state index in [4.69, 9.17) is 9.47 Å². The minimum Gasteiger partial charge on any atom is -0.486 e. The number of likely N-dealkylation sites (tertiary alicyclic amines) is 1. The topological polar surface area (TPSA) is 52.4 Å². The molecule has 0 radical (unpaired) electrons. The highest BCUT2D eigenvalue weighted by molar-refractivity contribution is 5.43. The summed E-state index contributed by atoms with van der Waals surface area (Å²) >= 11 is 0. The van der Waals surface area contributed by atoms with E-state index in [1.165, 1.54) is 24.8 Å². The van der Waals surface area contributed by atoms with Crippen LogP contribution >= 0.6 is 0 Å². The molecule has 2 aliphatic heterocycles. The van der Waals surface area contributed by atoms with Crippen molar-refractivity contribution in [3.05, 3.63) is 36.4 Å². The molecule has 1 fully saturated rings. The third-order valence-corrected chi connectivity index (χ3v) is 4.61. The van der Waals surface area contributed by atoms with Crippen LogP contribution in [0.25, 0.3) is 0 Å². The molecule has 0 bridgehead atoms. The Morgan fingerprint density at radius 1 is 1.13 bits per heavy atom. The first-order valence-corrected chi connectivity index (χ1v) is 8.33. The molecule has 0 aliphatic carbocycles. The maximum Gasteiger partial charge on any atom is 0.161 e. The molecule has 1 aromatic carbocycles. The highest BCUT2D eigenvalue weighted by Crippen LogP contribution is 2.31. The van der Waals surface area contributed by atoms with Crippen LogP contribution < -0.4 is 9.47 Å². The van der Waals surface area contributed by atoms with E-state index in [-0.39, 0.29) is 0 Å². The molecule has 3 heterocycles. The summed E-state index contributed by atoms with van der Waals surface area (Å²) in [6.45, 7) is 4.25. The van der Waals surface area contributed by atoms with E-state index in [1.54, 1.807) is 12.7 Å². The van der Waals surface area contributed by atoms with Crippen molar-refractivity contribution in [3.8, 4) is 11.5 Å². The fourth-order valence-corrected chi connectivity index (χ4v) is 3.44. The molecule has 0 spiro atoms. The summed E-state index contributed by atoms with van der Waals surface area (Å²) < 4.78 is 13.2. The predicted octanol–water partition coefficient (Wildman–Crippen LogP) is 2.10. The SMILES string of the molecule is c1ncn(C[C@H]2CCCCN2Cc2ccc3c(c2)OCCO3)n1. The zero-order valence-electron chi connectivity index (χ0n) is 13.2. The van der Waals surface area contributed by atoms with E-state index >= 15 is 0 Å². The van der Waals surface area contributed by atoms with Crippen LogP contribution in [-0.4, -0.2) is 45.5 Å². The normalized spacial score (nSPS) is 21.3. The molecular formula is C17H22N4O2. The number of rotatable bonds is 4. The van der Waals surface area contributed by atoms with Gasteiger partial charge in [0.25, 0.3) is 0 Å². The molecule has 6 nitrogen and oxygen atoms in total. The third kappa shape index (κ3) is 3.32. The van der Waals surface area contributed by atoms with Crippen LogP contribution in [0, 0.1) is 0 Å². The van der Waals surface area contributed by atoms with Crippen LogP contribution in [0.3, 0.4) is 0 Å². The minimum absolute atomic E-state index is 0.513. The Balaban J connectivity index is 1.47. The first-order valence-electron chi connectivity index (χ1n) is 8.33. The zero-order valence-corrected chi connectivity index (χ0v) is 13.2. The van der Waals surface area contributed by atoms with Crippen molar-refractivity contribution in [2.45, 2.75) is 38.4 Å². The molecule has 6 heteroatoms. The smallest absolute Gasteiger partial charge is 0.161 e. The molecule has 0 unspecified atom stereocenters. The van der Waals surface area contributed by atoms with Gasteiger partial charge in [-0.25, -0.2) is 4.98 Å². The molecule has 0 amide bonds. The van der Waals surface area contributed by atoms with Crippen molar-refractivity contribution in [2.75, 3.05) is 19.8 Å². The molecule has 23 heavy (non-hydrogen) atoms. The van der Waals surface area contributed by atoms with Crippen molar-refractivity contribution in [3.63, 3.8) is 0 Å². The van der Waals surface area contributed by atoms with Gasteiger partial charge in [-0.15, -0.1) is 0 Å². The number of hydrogen-bond acceptors (Lipinski definition) is 5. The number of hydrogen-bond donors (Lipinski definition) is 0. The molecule has 1 aromatic heterocycles. The number of fused-ring (bicyclic) bond motifs is 1. The lowest BCUT2D eigenvalue weighted by atomic mass is 10.0. The Kier molecular flexibility index (Phi) is 4.15. The molecule has 1 saturated heterocycles. The van der Waals surface area contributed by atoms with E-state index in [0.717, 1.165) is 31.1 Å². The van der Waals surface area contributed by atoms with Gasteiger partial charge in [0.1, 0.15) is 25.9 Å². The lowest BCUT2D eigenvalue weighted by Crippen LogP contribution is -2.41. The zero-order chi connectivity index (χ0) is 15.5. The third-order valence-electron chi connectivity index (χ3n) is 4.61. The van der Waals surface area contributed by atoms with E-state index in [1.807, 2.05) is 10.7 Å². The van der Waals surface area contributed by atoms with Crippen LogP contribution in [0.2, 0.25) is 0 Å². The average Bonchev–Trinajstić information content (AvgIpc) is 3.10. The standard InChI is InChI=1S/C17H22N4O2/c1-2-6-20(15(3-1)11-21-13-18-12-19-21)10-14-4-5-16-17(9-14)23-8-7-22-16/h4-5,9,12-13,15H,1-3,6-8,10-11H2/t15-/m1/s1. The molecular weight excluding hydrogens is 292 g/mol. The average molecular weight is 314 g/mol. The van der Waals surface area contributed by atoms with Crippen LogP contribution in [0.5, 0.6) is 11.5 Å². The lowest BCUT2D eigenvalue weighted by molar-refractivity contribution is 0.121. The maximum absolute atomic E-state index is 5.70. The van der Waals surface area contributed by atoms with Gasteiger partial charge in [0.2, 0.25) is 0 Å². The molecule has 0 N–H and O–H groups in total. The summed E-state index contributed by atoms with van der Waals surface area (Å²) in [5, 5.41) is 4.25. The number of ether oxygens (including phenoxy) is 2. The largest absolute Gasteiger partial charge is 0.486 e. The summed E-state index contributed by atoms with van der Waals surface area (Å²) in [6, 6.07) is 6.81. The van der Waals surface area contributed by atoms with Crippen molar-refractivity contribution in [2.24, 2.45) is 0 Å². The minimum atomic E-state index is 0.513. The van der Waals surface area contributed by atoms with E-state index in [2.05, 4.69) is 27.1 Å². The van der Waals surface area contributed by atoms with Crippen molar-refractivity contribution in [1.82, 2.24) is 19.7 Å². The molecule has 2 aliphatic rings. The quantitative estimate of drug-likeness (QED) is 0.865. The number of nitrogens with zero attached hydrogens (tertiary/aromatic N) is 4. The summed E-state index contributed by atoms with van der Waals surface area (Å²) in [6.07, 6.45) is 7.17. The Hall–Kier alpha value is -2.08. The summed E-state index contributed by atoms with van der Waals surface area (Å²) in [7, 11) is 0. The van der Waals surface area contributed by atoms with Gasteiger partial charge in [0.15, 0.2) is 11.5 Å². The van der Waals surface area contributed by atoms with Gasteiger partial charge in [0, 0.05) is 12.6 Å². The maximum atomic E-state index is 5.70. The molecule has 0 saturated carbocycles. The number of benzene rings is 1. The van der Waals surface area contributed by atoms with E-state index in [0.29, 0.717) is 19.3 Å². The fraction of sp³-hybridized carbons (Fsp3) is 0.529. The van der Waals surface area contributed by atoms with Gasteiger partial charge >= 0.3 is 0 Å². The number of piperidine rings is 1. The van der Waals surface area contributed by atoms with Crippen LogP contribution in [0.4, 0.5) is 0 Å². The molecule has 2 aromatic rings. The van der Waals surface area contributed by atoms with E-state index in [9.17, 15) is 0 Å². The fourth-order valence-electron chi connectivity index (χ4n) is 3.44. The Labute approximate surface area is 136 Å². The lowest BCUT2D eigenvalue weighted by Gasteiger charge is -2.35. The second-order valence-electron chi connectivity index (χ2n) is 6.22. The molecule has 1 atom stereocenters. The van der Waals surface area contributed by atoms with Gasteiger partial charge in [-0.05, 0) is 37.1 Å². The highest BCUT2D eigenvalue weighted by atomic mass is 16.6. The summed E-state index contributed by atoms with van der Waals surface area (Å²) in [4.78, 5) is 6.60. The van der Waals surface area contributed by atoms with Crippen molar-refractivity contribution >= 4 is 0 Å². The summed E-state index contributed by atoms with van der Waals surface area (Å²) in [5.74, 6) is 1.73. The molecule has 122 valence electrons. The van der Waals surface area contributed by atoms with Gasteiger partial charge in [-0.1, -0.05) is 12.5 Å². The van der Waals surface area contributed by atoms with Crippen molar-refractivity contribution in [1.29, 1.82) is 0 Å². The van der Waals surface area contributed by atoms with E-state index < -0.39 is 0 Å². The Bertz CT molecular complexity index is 644. The Morgan fingerprint density at radius 3 is 2.91 bits per heavy atom. The molecule has 4 rings (SSSR count). The Morgan fingerprint density at radius 2 is 2.04 bits per heavy atom. The van der Waals surface area contributed by atoms with Gasteiger partial charge < -0.3 is 9.47 Å². The summed E-state index contributed by atoms with van der Waals surface area (Å²) in [5.41, 5.74) is 1.28. The van der Waals surface area contributed by atoms with Gasteiger partial charge in [-0.3, -0.25) is 9.58 Å². The van der Waals surface area contributed by atoms with Gasteiger partial charge in [-0.2, -0.15) is 5.10 Å².